The lowest BCUT2D eigenvalue weighted by molar-refractivity contribution is -0.0907. The molecule has 5 heteroatoms. The van der Waals surface area contributed by atoms with E-state index in [0.29, 0.717) is 5.57 Å². The van der Waals surface area contributed by atoms with Gasteiger partial charge >= 0.3 is 6.18 Å². The van der Waals surface area contributed by atoms with Crippen molar-refractivity contribution in [3.8, 4) is 0 Å². The van der Waals surface area contributed by atoms with Crippen LogP contribution < -0.4 is 5.32 Å². The van der Waals surface area contributed by atoms with Crippen LogP contribution in [-0.2, 0) is 0 Å². The Kier molecular flexibility index (Phi) is 3.71. The van der Waals surface area contributed by atoms with Crippen molar-refractivity contribution in [2.45, 2.75) is 37.9 Å². The molecule has 1 aliphatic heterocycles. The smallest absolute Gasteiger partial charge is 0.383 e. The second-order valence-corrected chi connectivity index (χ2v) is 4.90. The van der Waals surface area contributed by atoms with Gasteiger partial charge in [0.05, 0.1) is 11.6 Å². The van der Waals surface area contributed by atoms with Crippen LogP contribution in [0.1, 0.15) is 25.7 Å². The second-order valence-electron chi connectivity index (χ2n) is 4.59. The van der Waals surface area contributed by atoms with Crippen molar-refractivity contribution in [3.63, 3.8) is 0 Å². The van der Waals surface area contributed by atoms with Gasteiger partial charge in [0, 0.05) is 12.1 Å². The number of alkyl halides is 4. The van der Waals surface area contributed by atoms with Crippen molar-refractivity contribution in [1.82, 2.24) is 5.32 Å². The molecule has 1 nitrogen and oxygen atoms in total. The summed E-state index contributed by atoms with van der Waals surface area (Å²) in [6.45, 7) is 0. The van der Waals surface area contributed by atoms with Gasteiger partial charge in [-0.15, -0.1) is 11.6 Å². The van der Waals surface area contributed by atoms with Crippen LogP contribution in [0.5, 0.6) is 0 Å². The summed E-state index contributed by atoms with van der Waals surface area (Å²) < 4.78 is 38.9. The molecule has 0 bridgehead atoms. The normalized spacial score (nSPS) is 26.5. The molecule has 0 aromatic heterocycles. The number of allylic oxidation sites excluding steroid dienone is 2. The first kappa shape index (κ1) is 12.8. The van der Waals surface area contributed by atoms with Crippen LogP contribution in [0, 0.1) is 5.92 Å². The molecule has 0 spiro atoms. The molecule has 17 heavy (non-hydrogen) atoms. The number of hydrogen-bond acceptors (Lipinski definition) is 1. The van der Waals surface area contributed by atoms with Crippen molar-refractivity contribution in [1.29, 1.82) is 0 Å². The van der Waals surface area contributed by atoms with Gasteiger partial charge in [0.2, 0.25) is 0 Å². The van der Waals surface area contributed by atoms with Crippen molar-refractivity contribution >= 4 is 11.6 Å². The molecule has 1 fully saturated rings. The molecule has 1 N–H and O–H groups in total. The zero-order valence-corrected chi connectivity index (χ0v) is 10.1. The van der Waals surface area contributed by atoms with Crippen molar-refractivity contribution in [2.75, 3.05) is 5.88 Å². The fraction of sp³-hybridized carbons (Fsp3) is 0.667. The van der Waals surface area contributed by atoms with Gasteiger partial charge in [0.25, 0.3) is 0 Å². The van der Waals surface area contributed by atoms with Crippen LogP contribution >= 0.6 is 11.6 Å². The van der Waals surface area contributed by atoms with E-state index < -0.39 is 17.8 Å². The number of rotatable bonds is 2. The van der Waals surface area contributed by atoms with Crippen LogP contribution in [0.2, 0.25) is 0 Å². The molecule has 1 aliphatic carbocycles. The predicted octanol–water partition coefficient (Wildman–Crippen LogP) is 3.76. The van der Waals surface area contributed by atoms with Crippen molar-refractivity contribution in [3.05, 3.63) is 23.4 Å². The van der Waals surface area contributed by atoms with E-state index in [4.69, 9.17) is 11.6 Å². The highest BCUT2D eigenvalue weighted by molar-refractivity contribution is 6.18. The average Bonchev–Trinajstić information content (AvgIpc) is 2.80. The Morgan fingerprint density at radius 3 is 2.47 bits per heavy atom. The molecule has 0 radical (unpaired) electrons. The minimum Gasteiger partial charge on any atom is -0.383 e. The van der Waals surface area contributed by atoms with Gasteiger partial charge in [-0.1, -0.05) is 12.8 Å². The molecule has 1 saturated carbocycles. The zero-order chi connectivity index (χ0) is 12.5. The lowest BCUT2D eigenvalue weighted by Gasteiger charge is -2.27. The lowest BCUT2D eigenvalue weighted by atomic mass is 9.88. The van der Waals surface area contributed by atoms with Crippen molar-refractivity contribution in [2.24, 2.45) is 5.92 Å². The summed E-state index contributed by atoms with van der Waals surface area (Å²) in [6.07, 6.45) is 2.21. The van der Waals surface area contributed by atoms with E-state index >= 15 is 0 Å². The Bertz CT molecular complexity index is 340. The van der Waals surface area contributed by atoms with Gasteiger partial charge in [0.1, 0.15) is 0 Å². The molecule has 0 amide bonds. The summed E-state index contributed by atoms with van der Waals surface area (Å²) in [5.74, 6) is 0.195. The van der Waals surface area contributed by atoms with Gasteiger partial charge in [-0.25, -0.2) is 0 Å². The van der Waals surface area contributed by atoms with E-state index in [9.17, 15) is 13.2 Å². The second kappa shape index (κ2) is 4.92. The van der Waals surface area contributed by atoms with Crippen LogP contribution in [0.3, 0.4) is 0 Å². The molecule has 2 rings (SSSR count). The third-order valence-electron chi connectivity index (χ3n) is 3.40. The first-order chi connectivity index (χ1) is 8.02. The molecular weight excluding hydrogens is 251 g/mol. The number of dihydropyridines is 1. The number of nitrogens with one attached hydrogen (secondary N) is 1. The van der Waals surface area contributed by atoms with E-state index in [2.05, 4.69) is 5.32 Å². The fourth-order valence-electron chi connectivity index (χ4n) is 2.54. The highest BCUT2D eigenvalue weighted by atomic mass is 35.5. The van der Waals surface area contributed by atoms with E-state index in [1.807, 2.05) is 0 Å². The first-order valence-electron chi connectivity index (χ1n) is 5.84. The minimum absolute atomic E-state index is 0.0478. The highest BCUT2D eigenvalue weighted by Crippen LogP contribution is 2.41. The summed E-state index contributed by atoms with van der Waals surface area (Å²) in [5, 5.41) is 2.93. The molecule has 0 saturated heterocycles. The standard InChI is InChI=1S/C12H15ClF3N/c13-6-9-5-11(12(14,15)16)10(7-17-9)8-3-1-2-4-8/h5,7-9,17H,1-4,6H2. The Morgan fingerprint density at radius 2 is 1.94 bits per heavy atom. The van der Waals surface area contributed by atoms with E-state index in [0.717, 1.165) is 25.7 Å². The van der Waals surface area contributed by atoms with E-state index in [1.54, 1.807) is 0 Å². The molecule has 0 aromatic rings. The van der Waals surface area contributed by atoms with Gasteiger partial charge in [-0.2, -0.15) is 13.2 Å². The average molecular weight is 266 g/mol. The monoisotopic (exact) mass is 265 g/mol. The summed E-state index contributed by atoms with van der Waals surface area (Å²) in [7, 11) is 0. The number of halogens is 4. The van der Waals surface area contributed by atoms with Gasteiger partial charge in [0.15, 0.2) is 0 Å². The third-order valence-corrected chi connectivity index (χ3v) is 3.73. The maximum atomic E-state index is 13.0. The largest absolute Gasteiger partial charge is 0.416 e. The van der Waals surface area contributed by atoms with Gasteiger partial charge in [-0.3, -0.25) is 0 Å². The Hall–Kier alpha value is -0.640. The SMILES string of the molecule is FC(F)(F)C1=CC(CCl)NC=C1C1CCCC1. The Labute approximate surface area is 104 Å². The molecule has 1 atom stereocenters. The van der Waals surface area contributed by atoms with Gasteiger partial charge < -0.3 is 5.32 Å². The zero-order valence-electron chi connectivity index (χ0n) is 9.36. The lowest BCUT2D eigenvalue weighted by Crippen LogP contribution is -2.33. The van der Waals surface area contributed by atoms with Crippen molar-refractivity contribution < 1.29 is 13.2 Å². The molecule has 96 valence electrons. The summed E-state index contributed by atoms with van der Waals surface area (Å²) in [6, 6.07) is -0.418. The first-order valence-corrected chi connectivity index (χ1v) is 6.37. The Balaban J connectivity index is 2.25. The molecule has 1 heterocycles. The topological polar surface area (TPSA) is 12.0 Å². The minimum atomic E-state index is -4.28. The van der Waals surface area contributed by atoms with Crippen LogP contribution in [-0.4, -0.2) is 18.1 Å². The highest BCUT2D eigenvalue weighted by Gasteiger charge is 2.40. The predicted molar refractivity (Wildman–Crippen MR) is 61.8 cm³/mol. The molecule has 0 aromatic carbocycles. The van der Waals surface area contributed by atoms with Crippen LogP contribution in [0.25, 0.3) is 0 Å². The molecule has 2 aliphatic rings. The summed E-state index contributed by atoms with van der Waals surface area (Å²) in [5.41, 5.74) is -0.0785. The Morgan fingerprint density at radius 1 is 1.29 bits per heavy atom. The summed E-state index contributed by atoms with van der Waals surface area (Å²) in [4.78, 5) is 0. The fourth-order valence-corrected chi connectivity index (χ4v) is 2.72. The quantitative estimate of drug-likeness (QED) is 0.750. The van der Waals surface area contributed by atoms with Gasteiger partial charge in [-0.05, 0) is 30.4 Å². The third kappa shape index (κ3) is 2.79. The molecule has 1 unspecified atom stereocenters. The molecular formula is C12H15ClF3N. The van der Waals surface area contributed by atoms with Crippen LogP contribution in [0.4, 0.5) is 13.2 Å². The van der Waals surface area contributed by atoms with E-state index in [1.165, 1.54) is 12.3 Å². The maximum absolute atomic E-state index is 13.0. The van der Waals surface area contributed by atoms with E-state index in [-0.39, 0.29) is 11.8 Å². The van der Waals surface area contributed by atoms with Crippen LogP contribution in [0.15, 0.2) is 23.4 Å². The maximum Gasteiger partial charge on any atom is 0.416 e. The number of hydrogen-bond donors (Lipinski definition) is 1. The summed E-state index contributed by atoms with van der Waals surface area (Å²) >= 11 is 5.60.